The van der Waals surface area contributed by atoms with E-state index in [0.29, 0.717) is 18.1 Å². The van der Waals surface area contributed by atoms with Gasteiger partial charge in [0.25, 0.3) is 0 Å². The number of ether oxygens (including phenoxy) is 1. The molecule has 1 aromatic carbocycles. The van der Waals surface area contributed by atoms with Crippen LogP contribution in [-0.4, -0.2) is 29.7 Å². The van der Waals surface area contributed by atoms with Gasteiger partial charge < -0.3 is 15.6 Å². The number of para-hydroxylation sites is 1. The molecule has 2 aliphatic rings. The number of benzene rings is 1. The Morgan fingerprint density at radius 3 is 2.95 bits per heavy atom. The van der Waals surface area contributed by atoms with Crippen molar-refractivity contribution in [3.63, 3.8) is 0 Å². The second kappa shape index (κ2) is 5.21. The Morgan fingerprint density at radius 1 is 1.32 bits per heavy atom. The average molecular weight is 260 g/mol. The summed E-state index contributed by atoms with van der Waals surface area (Å²) in [5, 5.41) is 9.78. The minimum Gasteiger partial charge on any atom is -0.508 e. The van der Waals surface area contributed by atoms with Crippen LogP contribution in [0.2, 0.25) is 0 Å². The Morgan fingerprint density at radius 2 is 2.16 bits per heavy atom. The monoisotopic (exact) mass is 260 g/mol. The van der Waals surface area contributed by atoms with Crippen LogP contribution in [0.15, 0.2) is 29.3 Å². The van der Waals surface area contributed by atoms with Crippen LogP contribution in [0.4, 0.5) is 0 Å². The summed E-state index contributed by atoms with van der Waals surface area (Å²) in [5.74, 6) is 1.65. The molecule has 0 aromatic heterocycles. The van der Waals surface area contributed by atoms with Crippen LogP contribution in [0.3, 0.4) is 0 Å². The van der Waals surface area contributed by atoms with E-state index in [2.05, 4.69) is 4.99 Å². The zero-order chi connectivity index (χ0) is 13.2. The predicted molar refractivity (Wildman–Crippen MR) is 74.3 cm³/mol. The van der Waals surface area contributed by atoms with Gasteiger partial charge in [-0.05, 0) is 37.8 Å². The molecule has 102 valence electrons. The fraction of sp³-hybridized carbons (Fsp3) is 0.533. The molecule has 1 aliphatic heterocycles. The Labute approximate surface area is 113 Å². The molecule has 0 saturated heterocycles. The number of aromatic hydroxyl groups is 1. The van der Waals surface area contributed by atoms with E-state index in [1.165, 1.54) is 0 Å². The lowest BCUT2D eigenvalue weighted by atomic mass is 9.84. The summed E-state index contributed by atoms with van der Waals surface area (Å²) in [5.41, 5.74) is 6.61. The molecule has 3 rings (SSSR count). The van der Waals surface area contributed by atoms with Gasteiger partial charge in [-0.25, -0.2) is 4.99 Å². The number of nitrogens with zero attached hydrogens (tertiary/aromatic N) is 1. The summed E-state index contributed by atoms with van der Waals surface area (Å²) in [7, 11) is 0. The van der Waals surface area contributed by atoms with Crippen LogP contribution >= 0.6 is 0 Å². The zero-order valence-corrected chi connectivity index (χ0v) is 11.0. The van der Waals surface area contributed by atoms with Gasteiger partial charge in [0.15, 0.2) is 5.90 Å². The van der Waals surface area contributed by atoms with Crippen LogP contribution in [-0.2, 0) is 11.2 Å². The lowest BCUT2D eigenvalue weighted by Crippen LogP contribution is -2.33. The van der Waals surface area contributed by atoms with Crippen LogP contribution in [0, 0.1) is 5.92 Å². The molecule has 3 unspecified atom stereocenters. The third-order valence-electron chi connectivity index (χ3n) is 4.13. The van der Waals surface area contributed by atoms with Crippen molar-refractivity contribution >= 4 is 5.90 Å². The van der Waals surface area contributed by atoms with Crippen LogP contribution < -0.4 is 5.73 Å². The molecule has 3 atom stereocenters. The number of nitrogens with two attached hydrogens (primary N) is 1. The molecule has 1 fully saturated rings. The Kier molecular flexibility index (Phi) is 3.42. The lowest BCUT2D eigenvalue weighted by Gasteiger charge is -2.28. The molecule has 0 bridgehead atoms. The maximum absolute atomic E-state index is 9.78. The first kappa shape index (κ1) is 12.5. The van der Waals surface area contributed by atoms with E-state index in [9.17, 15) is 5.11 Å². The van der Waals surface area contributed by atoms with Crippen molar-refractivity contribution in [2.75, 3.05) is 6.54 Å². The van der Waals surface area contributed by atoms with Crippen molar-refractivity contribution in [2.24, 2.45) is 16.6 Å². The molecule has 3 N–H and O–H groups in total. The minimum atomic E-state index is 0.226. The topological polar surface area (TPSA) is 67.8 Å². The van der Waals surface area contributed by atoms with E-state index >= 15 is 0 Å². The maximum atomic E-state index is 9.78. The zero-order valence-electron chi connectivity index (χ0n) is 11.0. The van der Waals surface area contributed by atoms with E-state index in [1.54, 1.807) is 6.07 Å². The van der Waals surface area contributed by atoms with E-state index in [1.807, 2.05) is 18.2 Å². The molecule has 1 heterocycles. The third-order valence-corrected chi connectivity index (χ3v) is 4.13. The summed E-state index contributed by atoms with van der Waals surface area (Å²) in [6.07, 6.45) is 4.01. The molecule has 4 heteroatoms. The van der Waals surface area contributed by atoms with Crippen LogP contribution in [0.1, 0.15) is 24.8 Å². The van der Waals surface area contributed by atoms with E-state index in [-0.39, 0.29) is 12.1 Å². The molecule has 4 nitrogen and oxygen atoms in total. The Balaban J connectivity index is 1.69. The molecule has 1 aliphatic carbocycles. The smallest absolute Gasteiger partial charge is 0.188 e. The molecule has 0 amide bonds. The van der Waals surface area contributed by atoms with Gasteiger partial charge in [-0.15, -0.1) is 0 Å². The molecule has 19 heavy (non-hydrogen) atoms. The van der Waals surface area contributed by atoms with Gasteiger partial charge >= 0.3 is 0 Å². The predicted octanol–water partition coefficient (Wildman–Crippen LogP) is 1.86. The first-order valence-electron chi connectivity index (χ1n) is 6.96. The fourth-order valence-corrected chi connectivity index (χ4v) is 2.99. The Hall–Kier alpha value is -1.55. The highest BCUT2D eigenvalue weighted by Gasteiger charge is 2.36. The van der Waals surface area contributed by atoms with Crippen molar-refractivity contribution in [3.05, 3.63) is 29.8 Å². The van der Waals surface area contributed by atoms with Gasteiger partial charge in [-0.2, -0.15) is 0 Å². The quantitative estimate of drug-likeness (QED) is 0.871. The summed E-state index contributed by atoms with van der Waals surface area (Å²) >= 11 is 0. The maximum Gasteiger partial charge on any atom is 0.188 e. The molecule has 1 aromatic rings. The van der Waals surface area contributed by atoms with Crippen molar-refractivity contribution in [1.82, 2.24) is 0 Å². The van der Waals surface area contributed by atoms with Crippen LogP contribution in [0.5, 0.6) is 5.75 Å². The number of aliphatic imine (C=N–C) groups is 1. The van der Waals surface area contributed by atoms with Crippen molar-refractivity contribution < 1.29 is 9.84 Å². The normalized spacial score (nSPS) is 29.5. The van der Waals surface area contributed by atoms with Gasteiger partial charge in [0.05, 0.1) is 12.5 Å². The van der Waals surface area contributed by atoms with Gasteiger partial charge in [-0.1, -0.05) is 18.2 Å². The second-order valence-electron chi connectivity index (χ2n) is 5.47. The van der Waals surface area contributed by atoms with Gasteiger partial charge in [0.1, 0.15) is 11.9 Å². The van der Waals surface area contributed by atoms with Crippen molar-refractivity contribution in [3.8, 4) is 5.75 Å². The number of phenolic OH excluding ortho intramolecular Hbond substituents is 1. The van der Waals surface area contributed by atoms with E-state index < -0.39 is 0 Å². The number of hydrogen-bond acceptors (Lipinski definition) is 4. The summed E-state index contributed by atoms with van der Waals surface area (Å²) in [4.78, 5) is 4.67. The van der Waals surface area contributed by atoms with Gasteiger partial charge in [0, 0.05) is 5.56 Å². The standard InChI is InChI=1S/C15H20N2O2/c16-9-10-5-6-14-12(7-10)17-15(19-14)8-11-3-1-2-4-13(11)18/h1-4,10,12,14,18H,5-9,16H2. The first-order chi connectivity index (χ1) is 9.26. The van der Waals surface area contributed by atoms with Crippen LogP contribution in [0.25, 0.3) is 0 Å². The molecule has 0 radical (unpaired) electrons. The molecular weight excluding hydrogens is 240 g/mol. The molecule has 1 saturated carbocycles. The third kappa shape index (κ3) is 2.59. The SMILES string of the molecule is NCC1CCC2OC(Cc3ccccc3O)=NC2C1. The largest absolute Gasteiger partial charge is 0.508 e. The fourth-order valence-electron chi connectivity index (χ4n) is 2.99. The number of hydrogen-bond donors (Lipinski definition) is 2. The highest BCUT2D eigenvalue weighted by Crippen LogP contribution is 2.32. The summed E-state index contributed by atoms with van der Waals surface area (Å²) in [6.45, 7) is 0.744. The van der Waals surface area contributed by atoms with Gasteiger partial charge in [0.2, 0.25) is 0 Å². The second-order valence-corrected chi connectivity index (χ2v) is 5.47. The highest BCUT2D eigenvalue weighted by atomic mass is 16.5. The number of rotatable bonds is 3. The molecular formula is C15H20N2O2. The average Bonchev–Trinajstić information content (AvgIpc) is 2.82. The van der Waals surface area contributed by atoms with E-state index in [4.69, 9.17) is 10.5 Å². The number of phenols is 1. The summed E-state index contributed by atoms with van der Waals surface area (Å²) in [6, 6.07) is 7.61. The summed E-state index contributed by atoms with van der Waals surface area (Å²) < 4.78 is 5.92. The minimum absolute atomic E-state index is 0.226. The van der Waals surface area contributed by atoms with E-state index in [0.717, 1.165) is 37.3 Å². The van der Waals surface area contributed by atoms with Crippen molar-refractivity contribution in [2.45, 2.75) is 37.8 Å². The number of fused-ring (bicyclic) bond motifs is 1. The lowest BCUT2D eigenvalue weighted by molar-refractivity contribution is 0.127. The van der Waals surface area contributed by atoms with Gasteiger partial charge in [-0.3, -0.25) is 0 Å². The highest BCUT2D eigenvalue weighted by molar-refractivity contribution is 5.81. The molecule has 0 spiro atoms. The van der Waals surface area contributed by atoms with Crippen molar-refractivity contribution in [1.29, 1.82) is 0 Å². The first-order valence-corrected chi connectivity index (χ1v) is 6.96. The Bertz CT molecular complexity index is 487.